The van der Waals surface area contributed by atoms with E-state index in [9.17, 15) is 4.79 Å². The van der Waals surface area contributed by atoms with Gasteiger partial charge in [0, 0.05) is 55.2 Å². The van der Waals surface area contributed by atoms with Gasteiger partial charge >= 0.3 is 0 Å². The number of aromatic nitrogens is 4. The van der Waals surface area contributed by atoms with E-state index in [1.54, 1.807) is 6.20 Å². The number of nitrogens with two attached hydrogens (primary N) is 1. The van der Waals surface area contributed by atoms with Crippen LogP contribution in [-0.4, -0.2) is 50.7 Å². The van der Waals surface area contributed by atoms with Crippen molar-refractivity contribution in [3.05, 3.63) is 47.7 Å². The van der Waals surface area contributed by atoms with Crippen LogP contribution in [0.4, 0.5) is 5.95 Å². The Kier molecular flexibility index (Phi) is 6.41. The minimum absolute atomic E-state index is 0.203. The van der Waals surface area contributed by atoms with Crippen LogP contribution in [0.3, 0.4) is 0 Å². The molecule has 1 fully saturated rings. The summed E-state index contributed by atoms with van der Waals surface area (Å²) in [5, 5.41) is 0.782. The van der Waals surface area contributed by atoms with Gasteiger partial charge in [-0.25, -0.2) is 9.97 Å². The van der Waals surface area contributed by atoms with Crippen LogP contribution in [0, 0.1) is 0 Å². The number of carbonyl (C=O) groups is 1. The van der Waals surface area contributed by atoms with Crippen LogP contribution in [0.2, 0.25) is 0 Å². The molecule has 1 saturated heterocycles. The Hall–Kier alpha value is -3.00. The molecule has 3 aromatic rings. The monoisotopic (exact) mass is 436 g/mol. The first kappa shape index (κ1) is 22.2. The summed E-state index contributed by atoms with van der Waals surface area (Å²) < 4.78 is 8.01. The highest BCUT2D eigenvalue weighted by molar-refractivity contribution is 6.06. The Morgan fingerprint density at radius 1 is 1.19 bits per heavy atom. The molecule has 1 amide bonds. The zero-order chi connectivity index (χ0) is 22.8. The van der Waals surface area contributed by atoms with E-state index in [4.69, 9.17) is 15.5 Å². The Morgan fingerprint density at radius 2 is 1.94 bits per heavy atom. The lowest BCUT2D eigenvalue weighted by molar-refractivity contribution is -0.00491. The third kappa shape index (κ3) is 4.75. The van der Waals surface area contributed by atoms with Gasteiger partial charge in [0.05, 0.1) is 29.0 Å². The van der Waals surface area contributed by atoms with Gasteiger partial charge in [0.2, 0.25) is 5.95 Å². The van der Waals surface area contributed by atoms with E-state index in [0.29, 0.717) is 18.1 Å². The molecule has 0 spiro atoms. The molecule has 32 heavy (non-hydrogen) atoms. The summed E-state index contributed by atoms with van der Waals surface area (Å²) >= 11 is 0. The van der Waals surface area contributed by atoms with Crippen molar-refractivity contribution in [3.8, 4) is 0 Å². The van der Waals surface area contributed by atoms with Gasteiger partial charge < -0.3 is 19.9 Å². The lowest BCUT2D eigenvalue weighted by Gasteiger charge is -2.32. The van der Waals surface area contributed by atoms with Crippen LogP contribution in [-0.2, 0) is 11.2 Å². The van der Waals surface area contributed by atoms with E-state index in [2.05, 4.69) is 47.1 Å². The normalized spacial score (nSPS) is 15.2. The summed E-state index contributed by atoms with van der Waals surface area (Å²) in [6.45, 7) is 10.1. The smallest absolute Gasteiger partial charge is 0.250 e. The molecule has 1 aliphatic rings. The number of piperidine rings is 1. The minimum Gasteiger partial charge on any atom is -0.375 e. The molecule has 0 aromatic carbocycles. The number of nitrogens with zero attached hydrogens (tertiary/aromatic N) is 5. The maximum Gasteiger partial charge on any atom is 0.250 e. The highest BCUT2D eigenvalue weighted by Gasteiger charge is 2.22. The fourth-order valence-corrected chi connectivity index (χ4v) is 4.30. The van der Waals surface area contributed by atoms with Crippen LogP contribution < -0.4 is 10.6 Å². The molecule has 0 aliphatic carbocycles. The quantitative estimate of drug-likeness (QED) is 0.609. The van der Waals surface area contributed by atoms with E-state index in [0.717, 1.165) is 54.2 Å². The van der Waals surface area contributed by atoms with E-state index in [-0.39, 0.29) is 12.1 Å². The number of amides is 1. The van der Waals surface area contributed by atoms with E-state index >= 15 is 0 Å². The molecule has 3 aromatic heterocycles. The van der Waals surface area contributed by atoms with Crippen molar-refractivity contribution in [2.45, 2.75) is 65.2 Å². The predicted octanol–water partition coefficient (Wildman–Crippen LogP) is 3.49. The molecule has 4 heterocycles. The zero-order valence-corrected chi connectivity index (χ0v) is 19.3. The number of pyridine rings is 1. The summed E-state index contributed by atoms with van der Waals surface area (Å²) in [6, 6.07) is 4.16. The van der Waals surface area contributed by atoms with Gasteiger partial charge in [-0.3, -0.25) is 9.78 Å². The Labute approximate surface area is 188 Å². The minimum atomic E-state index is -0.438. The first-order valence-electron chi connectivity index (χ1n) is 11.3. The lowest BCUT2D eigenvalue weighted by Crippen LogP contribution is -2.38. The second-order valence-electron chi connectivity index (χ2n) is 9.00. The molecule has 8 nitrogen and oxygen atoms in total. The summed E-state index contributed by atoms with van der Waals surface area (Å²) in [5.74, 6) is 0.320. The number of hydrogen-bond donors (Lipinski definition) is 1. The van der Waals surface area contributed by atoms with Crippen molar-refractivity contribution in [3.63, 3.8) is 0 Å². The zero-order valence-electron chi connectivity index (χ0n) is 19.3. The van der Waals surface area contributed by atoms with E-state index < -0.39 is 5.91 Å². The maximum atomic E-state index is 11.8. The molecule has 170 valence electrons. The molecule has 0 atom stereocenters. The predicted molar refractivity (Wildman–Crippen MR) is 125 cm³/mol. The molecule has 0 saturated carbocycles. The first-order valence-corrected chi connectivity index (χ1v) is 11.3. The van der Waals surface area contributed by atoms with E-state index in [1.165, 1.54) is 0 Å². The summed E-state index contributed by atoms with van der Waals surface area (Å²) in [7, 11) is 0. The second kappa shape index (κ2) is 9.24. The number of ether oxygens (including phenoxy) is 1. The van der Waals surface area contributed by atoms with Gasteiger partial charge in [-0.05, 0) is 52.7 Å². The molecule has 1 aliphatic heterocycles. The molecule has 4 rings (SSSR count). The molecule has 0 bridgehead atoms. The fourth-order valence-electron chi connectivity index (χ4n) is 4.30. The highest BCUT2D eigenvalue weighted by atomic mass is 16.5. The summed E-state index contributed by atoms with van der Waals surface area (Å²) in [4.78, 5) is 28.0. The van der Waals surface area contributed by atoms with Crippen LogP contribution in [0.15, 0.2) is 30.7 Å². The molecular formula is C24H32N6O2. The van der Waals surface area contributed by atoms with Crippen molar-refractivity contribution >= 4 is 22.8 Å². The van der Waals surface area contributed by atoms with Gasteiger partial charge in [-0.2, -0.15) is 0 Å². The third-order valence-corrected chi connectivity index (χ3v) is 5.85. The van der Waals surface area contributed by atoms with E-state index in [1.807, 2.05) is 24.5 Å². The van der Waals surface area contributed by atoms with Crippen LogP contribution in [0.1, 0.15) is 68.3 Å². The topological polar surface area (TPSA) is 99.2 Å². The van der Waals surface area contributed by atoms with Gasteiger partial charge in [-0.15, -0.1) is 0 Å². The number of carbonyl (C=O) groups excluding carboxylic acids is 1. The number of rotatable bonds is 7. The Bertz CT molecular complexity index is 1100. The van der Waals surface area contributed by atoms with Crippen molar-refractivity contribution < 1.29 is 9.53 Å². The highest BCUT2D eigenvalue weighted by Crippen LogP contribution is 2.25. The maximum absolute atomic E-state index is 11.8. The Balaban J connectivity index is 1.52. The first-order chi connectivity index (χ1) is 15.3. The lowest BCUT2D eigenvalue weighted by atomic mass is 10.1. The largest absolute Gasteiger partial charge is 0.375 e. The molecule has 2 N–H and O–H groups in total. The number of fused-ring (bicyclic) bond motifs is 1. The average molecular weight is 437 g/mol. The fraction of sp³-hybridized carbons (Fsp3) is 0.500. The molecule has 0 unspecified atom stereocenters. The summed E-state index contributed by atoms with van der Waals surface area (Å²) in [5.41, 5.74) is 8.83. The van der Waals surface area contributed by atoms with Crippen molar-refractivity contribution in [2.24, 2.45) is 5.73 Å². The van der Waals surface area contributed by atoms with Gasteiger partial charge in [0.25, 0.3) is 5.91 Å². The van der Waals surface area contributed by atoms with Crippen molar-refractivity contribution in [1.82, 2.24) is 19.5 Å². The van der Waals surface area contributed by atoms with Gasteiger partial charge in [-0.1, -0.05) is 0 Å². The standard InChI is InChI=1S/C24H32N6O2/c1-15(2)30-14-21(23(25)31)20-13-27-18(12-22(20)30)11-17-5-8-26-24(28-17)29-9-6-19(7-10-29)32-16(3)4/h5,8,12-16,19H,6-7,9-11H2,1-4H3,(H2,25,31). The number of primary amides is 1. The third-order valence-electron chi connectivity index (χ3n) is 5.85. The Morgan fingerprint density at radius 3 is 2.59 bits per heavy atom. The SMILES string of the molecule is CC(C)OC1CCN(c2nccc(Cc3cc4c(cn3)c(C(N)=O)cn4C(C)C)n2)CC1. The molecular weight excluding hydrogens is 404 g/mol. The van der Waals surface area contributed by atoms with Crippen LogP contribution in [0.25, 0.3) is 10.9 Å². The van der Waals surface area contributed by atoms with Crippen molar-refractivity contribution in [1.29, 1.82) is 0 Å². The second-order valence-corrected chi connectivity index (χ2v) is 9.00. The number of hydrogen-bond acceptors (Lipinski definition) is 6. The van der Waals surface area contributed by atoms with Gasteiger partial charge in [0.15, 0.2) is 0 Å². The average Bonchev–Trinajstić information content (AvgIpc) is 3.13. The summed E-state index contributed by atoms with van der Waals surface area (Å²) in [6.07, 6.45) is 8.50. The molecule has 0 radical (unpaired) electrons. The molecule has 8 heteroatoms. The van der Waals surface area contributed by atoms with Gasteiger partial charge in [0.1, 0.15) is 0 Å². The van der Waals surface area contributed by atoms with Crippen LogP contribution >= 0.6 is 0 Å². The van der Waals surface area contributed by atoms with Crippen LogP contribution in [0.5, 0.6) is 0 Å². The number of anilines is 1. The van der Waals surface area contributed by atoms with Crippen molar-refractivity contribution in [2.75, 3.05) is 18.0 Å².